The number of aryl methyl sites for hydroxylation is 1. The highest BCUT2D eigenvalue weighted by atomic mass is 32.2. The minimum Gasteiger partial charge on any atom is -0.363 e. The molecule has 0 aliphatic heterocycles. The third kappa shape index (κ3) is 5.04. The Balaban J connectivity index is 1.89. The van der Waals surface area contributed by atoms with E-state index in [1.807, 2.05) is 25.1 Å². The van der Waals surface area contributed by atoms with Gasteiger partial charge in [0.05, 0.1) is 16.8 Å². The number of hydrogen-bond donors (Lipinski definition) is 2. The van der Waals surface area contributed by atoms with Crippen LogP contribution in [-0.4, -0.2) is 33.4 Å². The fraction of sp³-hybridized carbons (Fsp3) is 0.250. The topological polar surface area (TPSA) is 105 Å². The van der Waals surface area contributed by atoms with Gasteiger partial charge in [0.15, 0.2) is 0 Å². The third-order valence-corrected chi connectivity index (χ3v) is 4.31. The number of anilines is 2. The summed E-state index contributed by atoms with van der Waals surface area (Å²) in [7, 11) is 0.0903. The fourth-order valence-electron chi connectivity index (χ4n) is 2.05. The molecular formula is C16H20N4O3S. The number of aromatic nitrogens is 1. The van der Waals surface area contributed by atoms with E-state index in [1.54, 1.807) is 24.4 Å². The average molecular weight is 348 g/mol. The molecule has 0 aliphatic rings. The van der Waals surface area contributed by atoms with Gasteiger partial charge in [-0.3, -0.25) is 4.79 Å². The predicted molar refractivity (Wildman–Crippen MR) is 93.3 cm³/mol. The molecule has 7 nitrogen and oxygen atoms in total. The Morgan fingerprint density at radius 2 is 1.83 bits per heavy atom. The normalized spacial score (nSPS) is 11.1. The van der Waals surface area contributed by atoms with Crippen LogP contribution < -0.4 is 15.4 Å². The van der Waals surface area contributed by atoms with Crippen LogP contribution in [0.1, 0.15) is 12.0 Å². The maximum absolute atomic E-state index is 12.0. The first-order chi connectivity index (χ1) is 11.3. The first-order valence-electron chi connectivity index (χ1n) is 7.30. The molecule has 8 heteroatoms. The molecule has 0 fully saturated rings. The molecule has 128 valence electrons. The van der Waals surface area contributed by atoms with Crippen LogP contribution in [-0.2, 0) is 21.2 Å². The number of nitrogens with zero attached hydrogens (tertiary/aromatic N) is 2. The number of primary sulfonamides is 1. The van der Waals surface area contributed by atoms with Gasteiger partial charge < -0.3 is 10.2 Å². The largest absolute Gasteiger partial charge is 0.363 e. The Kier molecular flexibility index (Phi) is 5.53. The molecule has 0 atom stereocenters. The average Bonchev–Trinajstić information content (AvgIpc) is 2.53. The molecule has 0 radical (unpaired) electrons. The zero-order valence-electron chi connectivity index (χ0n) is 13.6. The van der Waals surface area contributed by atoms with Crippen molar-refractivity contribution in [1.29, 1.82) is 0 Å². The first kappa shape index (κ1) is 17.9. The molecule has 0 saturated heterocycles. The lowest BCUT2D eigenvalue weighted by atomic mass is 10.1. The quantitative estimate of drug-likeness (QED) is 0.820. The molecule has 1 aromatic carbocycles. The monoisotopic (exact) mass is 348 g/mol. The van der Waals surface area contributed by atoms with Crippen molar-refractivity contribution >= 4 is 27.4 Å². The number of carbonyl (C=O) groups excluding carboxylic acids is 1. The van der Waals surface area contributed by atoms with Gasteiger partial charge in [-0.15, -0.1) is 0 Å². The van der Waals surface area contributed by atoms with Gasteiger partial charge in [-0.2, -0.15) is 0 Å². The fourth-order valence-corrected chi connectivity index (χ4v) is 2.57. The Labute approximate surface area is 141 Å². The Morgan fingerprint density at radius 3 is 2.33 bits per heavy atom. The van der Waals surface area contributed by atoms with Gasteiger partial charge in [0.25, 0.3) is 0 Å². The number of hydrogen-bond acceptors (Lipinski definition) is 5. The van der Waals surface area contributed by atoms with E-state index in [9.17, 15) is 13.2 Å². The summed E-state index contributed by atoms with van der Waals surface area (Å²) in [6, 6.07) is 9.79. The molecule has 0 bridgehead atoms. The summed E-state index contributed by atoms with van der Waals surface area (Å²) >= 11 is 0. The molecule has 2 rings (SSSR count). The summed E-state index contributed by atoms with van der Waals surface area (Å²) in [5.41, 5.74) is 1.49. The summed E-state index contributed by atoms with van der Waals surface area (Å²) in [6.07, 6.45) is 2.39. The van der Waals surface area contributed by atoms with E-state index in [2.05, 4.69) is 10.3 Å². The summed E-state index contributed by atoms with van der Waals surface area (Å²) < 4.78 is 22.4. The van der Waals surface area contributed by atoms with Gasteiger partial charge in [-0.05, 0) is 36.2 Å². The maximum Gasteiger partial charge on any atom is 0.238 e. The van der Waals surface area contributed by atoms with Crippen molar-refractivity contribution < 1.29 is 13.2 Å². The highest BCUT2D eigenvalue weighted by Crippen LogP contribution is 2.13. The van der Waals surface area contributed by atoms with Gasteiger partial charge in [0, 0.05) is 20.5 Å². The minimum absolute atomic E-state index is 0.0581. The van der Waals surface area contributed by atoms with Crippen LogP contribution in [0.5, 0.6) is 0 Å². The molecule has 0 aliphatic carbocycles. The highest BCUT2D eigenvalue weighted by Gasteiger charge is 2.08. The van der Waals surface area contributed by atoms with Gasteiger partial charge in [0.1, 0.15) is 5.82 Å². The molecule has 1 amide bonds. The summed E-state index contributed by atoms with van der Waals surface area (Å²) in [5.74, 6) is 0.674. The standard InChI is InChI=1S/C16H20N4O3S/c1-20(2)15-9-6-13(11-18-15)19-16(21)10-5-12-3-7-14(8-4-12)24(17,22)23/h3-4,6-9,11H,5,10H2,1-2H3,(H,19,21)(H2,17,22,23). The van der Waals surface area contributed by atoms with Crippen molar-refractivity contribution in [2.75, 3.05) is 24.3 Å². The van der Waals surface area contributed by atoms with Gasteiger partial charge >= 0.3 is 0 Å². The molecule has 1 aromatic heterocycles. The van der Waals surface area contributed by atoms with E-state index in [1.165, 1.54) is 12.1 Å². The number of benzene rings is 1. The van der Waals surface area contributed by atoms with Crippen LogP contribution in [0.3, 0.4) is 0 Å². The third-order valence-electron chi connectivity index (χ3n) is 3.38. The zero-order valence-corrected chi connectivity index (χ0v) is 14.4. The number of amides is 1. The summed E-state index contributed by atoms with van der Waals surface area (Å²) in [6.45, 7) is 0. The molecular weight excluding hydrogens is 328 g/mol. The predicted octanol–water partition coefficient (Wildman–Crippen LogP) is 1.37. The summed E-state index contributed by atoms with van der Waals surface area (Å²) in [4.78, 5) is 18.1. The zero-order chi connectivity index (χ0) is 17.7. The molecule has 0 spiro atoms. The van der Waals surface area contributed by atoms with Crippen molar-refractivity contribution in [3.8, 4) is 0 Å². The van der Waals surface area contributed by atoms with E-state index in [4.69, 9.17) is 5.14 Å². The molecule has 0 saturated carbocycles. The van der Waals surface area contributed by atoms with Crippen LogP contribution >= 0.6 is 0 Å². The SMILES string of the molecule is CN(C)c1ccc(NC(=O)CCc2ccc(S(N)(=O)=O)cc2)cn1. The number of sulfonamides is 1. The molecule has 1 heterocycles. The van der Waals surface area contributed by atoms with Crippen LogP contribution in [0.25, 0.3) is 0 Å². The van der Waals surface area contributed by atoms with E-state index >= 15 is 0 Å². The van der Waals surface area contributed by atoms with Crippen LogP contribution in [0, 0.1) is 0 Å². The Morgan fingerprint density at radius 1 is 1.17 bits per heavy atom. The summed E-state index contributed by atoms with van der Waals surface area (Å²) in [5, 5.41) is 7.82. The molecule has 24 heavy (non-hydrogen) atoms. The minimum atomic E-state index is -3.69. The lowest BCUT2D eigenvalue weighted by molar-refractivity contribution is -0.116. The van der Waals surface area contributed by atoms with Crippen LogP contribution in [0.2, 0.25) is 0 Å². The van der Waals surface area contributed by atoms with E-state index in [0.29, 0.717) is 12.1 Å². The number of nitrogens with two attached hydrogens (primary N) is 1. The van der Waals surface area contributed by atoms with Gasteiger partial charge in [-0.25, -0.2) is 18.5 Å². The first-order valence-corrected chi connectivity index (χ1v) is 8.85. The smallest absolute Gasteiger partial charge is 0.238 e. The van der Waals surface area contributed by atoms with Crippen LogP contribution in [0.4, 0.5) is 11.5 Å². The van der Waals surface area contributed by atoms with Crippen LogP contribution in [0.15, 0.2) is 47.5 Å². The lowest BCUT2D eigenvalue weighted by Gasteiger charge is -2.11. The maximum atomic E-state index is 12.0. The molecule has 0 unspecified atom stereocenters. The number of carbonyl (C=O) groups is 1. The number of nitrogens with one attached hydrogen (secondary N) is 1. The van der Waals surface area contributed by atoms with Crippen molar-refractivity contribution in [2.45, 2.75) is 17.7 Å². The van der Waals surface area contributed by atoms with Crippen molar-refractivity contribution in [2.24, 2.45) is 5.14 Å². The van der Waals surface area contributed by atoms with E-state index in [-0.39, 0.29) is 17.2 Å². The van der Waals surface area contributed by atoms with Crippen molar-refractivity contribution in [1.82, 2.24) is 4.98 Å². The van der Waals surface area contributed by atoms with Crippen molar-refractivity contribution in [3.63, 3.8) is 0 Å². The highest BCUT2D eigenvalue weighted by molar-refractivity contribution is 7.89. The Bertz CT molecular complexity index is 800. The second kappa shape index (κ2) is 7.41. The second-order valence-corrected chi connectivity index (χ2v) is 7.10. The number of rotatable bonds is 6. The van der Waals surface area contributed by atoms with E-state index < -0.39 is 10.0 Å². The Hall–Kier alpha value is -2.45. The van der Waals surface area contributed by atoms with Crippen molar-refractivity contribution in [3.05, 3.63) is 48.2 Å². The number of pyridine rings is 1. The lowest BCUT2D eigenvalue weighted by Crippen LogP contribution is -2.14. The van der Waals surface area contributed by atoms with Gasteiger partial charge in [-0.1, -0.05) is 12.1 Å². The van der Waals surface area contributed by atoms with Gasteiger partial charge in [0.2, 0.25) is 15.9 Å². The molecule has 2 aromatic rings. The second-order valence-electron chi connectivity index (χ2n) is 5.54. The van der Waals surface area contributed by atoms with E-state index in [0.717, 1.165) is 11.4 Å². The molecule has 3 N–H and O–H groups in total.